The van der Waals surface area contributed by atoms with E-state index in [0.29, 0.717) is 37.3 Å². The number of benzene rings is 1. The summed E-state index contributed by atoms with van der Waals surface area (Å²) in [6.45, 7) is 0.900. The molecule has 0 atom stereocenters. The largest absolute Gasteiger partial charge is 0.421 e. The van der Waals surface area contributed by atoms with Crippen molar-refractivity contribution in [2.24, 2.45) is 5.92 Å². The van der Waals surface area contributed by atoms with Gasteiger partial charge in [0.1, 0.15) is 11.4 Å². The first-order valence-electron chi connectivity index (χ1n) is 10.3. The number of aromatic nitrogens is 2. The molecule has 0 radical (unpaired) electrons. The Kier molecular flexibility index (Phi) is 6.18. The Hall–Kier alpha value is -2.93. The Morgan fingerprint density at radius 2 is 1.97 bits per heavy atom. The van der Waals surface area contributed by atoms with Gasteiger partial charge >= 0.3 is 6.18 Å². The molecule has 0 bridgehead atoms. The number of fused-ring (bicyclic) bond motifs is 1. The van der Waals surface area contributed by atoms with Crippen molar-refractivity contribution in [2.45, 2.75) is 25.4 Å². The fraction of sp³-hybridized carbons (Fsp3) is 0.450. The maximum Gasteiger partial charge on any atom is 0.421 e. The molecule has 2 aliphatic heterocycles. The van der Waals surface area contributed by atoms with Crippen molar-refractivity contribution in [3.8, 4) is 0 Å². The fourth-order valence-corrected chi connectivity index (χ4v) is 4.78. The van der Waals surface area contributed by atoms with Gasteiger partial charge in [-0.25, -0.2) is 17.7 Å². The summed E-state index contributed by atoms with van der Waals surface area (Å²) in [7, 11) is -3.27. The van der Waals surface area contributed by atoms with Gasteiger partial charge in [-0.1, -0.05) is 0 Å². The first-order valence-corrected chi connectivity index (χ1v) is 12.2. The van der Waals surface area contributed by atoms with E-state index in [1.165, 1.54) is 4.31 Å². The van der Waals surface area contributed by atoms with E-state index >= 15 is 0 Å². The number of hydrogen-bond acceptors (Lipinski definition) is 7. The first kappa shape index (κ1) is 23.2. The molecule has 0 aliphatic carbocycles. The van der Waals surface area contributed by atoms with E-state index in [9.17, 15) is 26.4 Å². The van der Waals surface area contributed by atoms with Crippen molar-refractivity contribution < 1.29 is 26.4 Å². The van der Waals surface area contributed by atoms with Crippen molar-refractivity contribution in [3.05, 3.63) is 35.5 Å². The van der Waals surface area contributed by atoms with Gasteiger partial charge in [-0.2, -0.15) is 18.2 Å². The lowest BCUT2D eigenvalue weighted by molar-refractivity contribution is -0.137. The van der Waals surface area contributed by atoms with E-state index in [-0.39, 0.29) is 36.6 Å². The predicted octanol–water partition coefficient (Wildman–Crippen LogP) is 2.82. The summed E-state index contributed by atoms with van der Waals surface area (Å²) in [6, 6.07) is 5.10. The Labute approximate surface area is 188 Å². The van der Waals surface area contributed by atoms with Crippen molar-refractivity contribution in [1.82, 2.24) is 14.3 Å². The zero-order valence-corrected chi connectivity index (χ0v) is 18.6. The van der Waals surface area contributed by atoms with E-state index in [1.807, 2.05) is 0 Å². The van der Waals surface area contributed by atoms with Crippen LogP contribution in [-0.2, 0) is 27.4 Å². The number of hydrogen-bond donors (Lipinski definition) is 3. The van der Waals surface area contributed by atoms with Crippen LogP contribution in [0.15, 0.2) is 24.4 Å². The molecule has 0 spiro atoms. The van der Waals surface area contributed by atoms with Gasteiger partial charge in [0.2, 0.25) is 21.9 Å². The second kappa shape index (κ2) is 8.78. The third-order valence-corrected chi connectivity index (χ3v) is 6.98. The van der Waals surface area contributed by atoms with E-state index in [4.69, 9.17) is 0 Å². The van der Waals surface area contributed by atoms with Gasteiger partial charge in [0.15, 0.2) is 0 Å². The molecule has 2 aliphatic rings. The second-order valence-electron chi connectivity index (χ2n) is 8.16. The molecule has 1 aromatic heterocycles. The normalized spacial score (nSPS) is 17.5. The number of alkyl halides is 3. The molecule has 3 heterocycles. The van der Waals surface area contributed by atoms with Crippen LogP contribution >= 0.6 is 0 Å². The highest BCUT2D eigenvalue weighted by Crippen LogP contribution is 2.35. The Bertz CT molecular complexity index is 1160. The van der Waals surface area contributed by atoms with Gasteiger partial charge in [-0.3, -0.25) is 4.79 Å². The van der Waals surface area contributed by atoms with Crippen molar-refractivity contribution in [3.63, 3.8) is 0 Å². The van der Waals surface area contributed by atoms with Crippen molar-refractivity contribution in [1.29, 1.82) is 0 Å². The zero-order chi connectivity index (χ0) is 23.8. The minimum atomic E-state index is -4.64. The highest BCUT2D eigenvalue weighted by molar-refractivity contribution is 7.88. The summed E-state index contributed by atoms with van der Waals surface area (Å²) in [4.78, 5) is 19.4. The van der Waals surface area contributed by atoms with Crippen LogP contribution in [0.1, 0.15) is 24.0 Å². The van der Waals surface area contributed by atoms with Crippen molar-refractivity contribution in [2.75, 3.05) is 41.8 Å². The number of sulfonamides is 1. The van der Waals surface area contributed by atoms with Crippen LogP contribution in [0.3, 0.4) is 0 Å². The number of piperidine rings is 1. The molecule has 2 aromatic rings. The van der Waals surface area contributed by atoms with Crippen LogP contribution < -0.4 is 16.0 Å². The molecular formula is C20H23F3N6O3S. The highest BCUT2D eigenvalue weighted by Gasteiger charge is 2.35. The maximum absolute atomic E-state index is 13.5. The summed E-state index contributed by atoms with van der Waals surface area (Å²) in [5, 5.41) is 8.38. The third kappa shape index (κ3) is 5.53. The Balaban J connectivity index is 1.47. The van der Waals surface area contributed by atoms with Gasteiger partial charge in [-0.15, -0.1) is 0 Å². The van der Waals surface area contributed by atoms with E-state index in [2.05, 4.69) is 25.9 Å². The van der Waals surface area contributed by atoms with Crippen LogP contribution in [0.2, 0.25) is 0 Å². The first-order chi connectivity index (χ1) is 15.5. The molecule has 13 heteroatoms. The smallest absolute Gasteiger partial charge is 0.369 e. The lowest BCUT2D eigenvalue weighted by Crippen LogP contribution is -2.39. The van der Waals surface area contributed by atoms with E-state index < -0.39 is 21.8 Å². The zero-order valence-electron chi connectivity index (χ0n) is 17.7. The topological polar surface area (TPSA) is 116 Å². The number of anilines is 4. The molecule has 0 saturated carbocycles. The molecule has 178 valence electrons. The van der Waals surface area contributed by atoms with Crippen LogP contribution in [0.25, 0.3) is 0 Å². The Morgan fingerprint density at radius 1 is 1.24 bits per heavy atom. The summed E-state index contributed by atoms with van der Waals surface area (Å²) in [5.41, 5.74) is 1.04. The van der Waals surface area contributed by atoms with Gasteiger partial charge in [0.05, 0.1) is 12.7 Å². The second-order valence-corrected chi connectivity index (χ2v) is 10.1. The number of nitrogens with zero attached hydrogens (tertiary/aromatic N) is 3. The molecule has 0 unspecified atom stereocenters. The monoisotopic (exact) mass is 484 g/mol. The lowest BCUT2D eigenvalue weighted by atomic mass is 9.98. The van der Waals surface area contributed by atoms with Crippen LogP contribution in [-0.4, -0.2) is 54.5 Å². The van der Waals surface area contributed by atoms with Crippen LogP contribution in [0.4, 0.5) is 36.3 Å². The van der Waals surface area contributed by atoms with Gasteiger partial charge in [-0.05, 0) is 42.5 Å². The predicted molar refractivity (Wildman–Crippen MR) is 117 cm³/mol. The molecule has 9 nitrogen and oxygen atoms in total. The molecule has 1 saturated heterocycles. The lowest BCUT2D eigenvalue weighted by Gasteiger charge is -2.30. The number of carbonyl (C=O) groups excluding carboxylic acids is 1. The van der Waals surface area contributed by atoms with Gasteiger partial charge in [0, 0.05) is 37.2 Å². The minimum absolute atomic E-state index is 0.0113. The molecule has 1 aromatic carbocycles. The number of rotatable bonds is 6. The molecule has 33 heavy (non-hydrogen) atoms. The van der Waals surface area contributed by atoms with Gasteiger partial charge < -0.3 is 16.0 Å². The average Bonchev–Trinajstić information content (AvgIpc) is 3.10. The average molecular weight is 485 g/mol. The Morgan fingerprint density at radius 3 is 2.64 bits per heavy atom. The molecule has 1 fully saturated rings. The quantitative estimate of drug-likeness (QED) is 0.577. The van der Waals surface area contributed by atoms with E-state index in [1.54, 1.807) is 18.2 Å². The number of amides is 1. The number of carbonyl (C=O) groups is 1. The molecule has 3 N–H and O–H groups in total. The summed E-state index contributed by atoms with van der Waals surface area (Å²) in [5.74, 6) is -0.475. The minimum Gasteiger partial charge on any atom is -0.369 e. The number of halogens is 3. The molecule has 4 rings (SSSR count). The maximum atomic E-state index is 13.5. The van der Waals surface area contributed by atoms with Crippen LogP contribution in [0.5, 0.6) is 0 Å². The van der Waals surface area contributed by atoms with Crippen LogP contribution in [0, 0.1) is 5.92 Å². The summed E-state index contributed by atoms with van der Waals surface area (Å²) in [6.07, 6.45) is -1.46. The summed E-state index contributed by atoms with van der Waals surface area (Å²) >= 11 is 0. The number of nitrogens with one attached hydrogen (secondary N) is 3. The standard InChI is InChI=1S/C20H23F3N6O3S/c1-33(31,32)29-6-4-12(5-7-29)10-24-18-15(20(21,22)23)11-25-19(28-18)26-14-2-3-16-13(8-14)9-17(30)27-16/h2-3,8,11-12H,4-7,9-10H2,1H3,(H,27,30)(H2,24,25,26,28). The summed E-state index contributed by atoms with van der Waals surface area (Å²) < 4.78 is 65.1. The fourth-order valence-electron chi connectivity index (χ4n) is 3.91. The highest BCUT2D eigenvalue weighted by atomic mass is 32.2. The van der Waals surface area contributed by atoms with Gasteiger partial charge in [0.25, 0.3) is 0 Å². The molecule has 1 amide bonds. The SMILES string of the molecule is CS(=O)(=O)N1CCC(CNc2nc(Nc3ccc4c(c3)CC(=O)N4)ncc2C(F)(F)F)CC1. The third-order valence-electron chi connectivity index (χ3n) is 5.68. The van der Waals surface area contributed by atoms with E-state index in [0.717, 1.165) is 18.0 Å². The van der Waals surface area contributed by atoms with Crippen molar-refractivity contribution >= 4 is 39.1 Å². The molecular weight excluding hydrogens is 461 g/mol.